The lowest BCUT2D eigenvalue weighted by molar-refractivity contribution is 1.21. The molecule has 3 rings (SSSR count). The van der Waals surface area contributed by atoms with Crippen molar-refractivity contribution in [1.82, 2.24) is 9.97 Å². The molecule has 0 unspecified atom stereocenters. The number of allylic oxidation sites excluding steroid dienone is 1. The molecule has 3 heterocycles. The molecule has 4 heteroatoms. The van der Waals surface area contributed by atoms with Gasteiger partial charge in [0.2, 0.25) is 0 Å². The molecular formula is C14H10BN3. The maximum atomic E-state index is 5.62. The average molecular weight is 231 g/mol. The standard InChI is InChI=1S/C14H10BN3/c1-9-4-10(13-3-2-12(15)8-17-13)7-18-14(9)11-5-16-6-11/h2-8H,1H3. The van der Waals surface area contributed by atoms with Crippen molar-refractivity contribution in [1.29, 1.82) is 0 Å². The van der Waals surface area contributed by atoms with Gasteiger partial charge in [-0.1, -0.05) is 11.5 Å². The van der Waals surface area contributed by atoms with Crippen molar-refractivity contribution in [3.8, 4) is 11.3 Å². The van der Waals surface area contributed by atoms with Gasteiger partial charge < -0.3 is 0 Å². The van der Waals surface area contributed by atoms with Gasteiger partial charge in [-0.25, -0.2) is 0 Å². The molecule has 1 aliphatic heterocycles. The van der Waals surface area contributed by atoms with Gasteiger partial charge in [0.1, 0.15) is 7.85 Å². The molecule has 3 nitrogen and oxygen atoms in total. The molecule has 0 amide bonds. The second kappa shape index (κ2) is 4.22. The highest BCUT2D eigenvalue weighted by atomic mass is 14.8. The number of hydrogen-bond acceptors (Lipinski definition) is 3. The monoisotopic (exact) mass is 231 g/mol. The molecule has 0 spiro atoms. The van der Waals surface area contributed by atoms with Gasteiger partial charge in [-0.2, -0.15) is 0 Å². The lowest BCUT2D eigenvalue weighted by Crippen LogP contribution is -2.03. The summed E-state index contributed by atoms with van der Waals surface area (Å²) in [5.74, 6) is 0. The summed E-state index contributed by atoms with van der Waals surface area (Å²) in [5, 5.41) is 0. The van der Waals surface area contributed by atoms with Gasteiger partial charge in [-0.15, -0.1) is 0 Å². The first-order valence-corrected chi connectivity index (χ1v) is 5.66. The lowest BCUT2D eigenvalue weighted by atomic mass is 9.98. The number of pyridine rings is 2. The van der Waals surface area contributed by atoms with Gasteiger partial charge in [0.05, 0.1) is 11.4 Å². The molecular weight excluding hydrogens is 221 g/mol. The van der Waals surface area contributed by atoms with E-state index in [1.807, 2.05) is 37.7 Å². The summed E-state index contributed by atoms with van der Waals surface area (Å²) in [6.45, 7) is 2.04. The third-order valence-corrected chi connectivity index (χ3v) is 2.86. The summed E-state index contributed by atoms with van der Waals surface area (Å²) in [5.41, 5.74) is 5.70. The highest BCUT2D eigenvalue weighted by molar-refractivity contribution is 6.32. The average Bonchev–Trinajstić information content (AvgIpc) is 2.30. The minimum Gasteiger partial charge on any atom is -0.263 e. The molecule has 0 fully saturated rings. The summed E-state index contributed by atoms with van der Waals surface area (Å²) in [7, 11) is 5.62. The van der Waals surface area contributed by atoms with Gasteiger partial charge in [-0.05, 0) is 24.6 Å². The molecule has 0 aliphatic carbocycles. The Labute approximate surface area is 107 Å². The highest BCUT2D eigenvalue weighted by Gasteiger charge is 2.10. The number of hydrogen-bond donors (Lipinski definition) is 0. The fourth-order valence-electron chi connectivity index (χ4n) is 1.86. The lowest BCUT2D eigenvalue weighted by Gasteiger charge is -2.10. The van der Waals surface area contributed by atoms with E-state index >= 15 is 0 Å². The van der Waals surface area contributed by atoms with Crippen molar-refractivity contribution in [3.05, 3.63) is 48.1 Å². The molecule has 2 radical (unpaired) electrons. The van der Waals surface area contributed by atoms with Gasteiger partial charge in [0, 0.05) is 35.9 Å². The molecule has 84 valence electrons. The second-order valence-corrected chi connectivity index (χ2v) is 4.23. The molecule has 2 aromatic heterocycles. The Kier molecular flexibility index (Phi) is 2.56. The fourth-order valence-corrected chi connectivity index (χ4v) is 1.86. The van der Waals surface area contributed by atoms with Crippen LogP contribution in [0, 0.1) is 6.92 Å². The number of nitrogens with zero attached hydrogens (tertiary/aromatic N) is 3. The predicted octanol–water partition coefficient (Wildman–Crippen LogP) is 1.67. The highest BCUT2D eigenvalue weighted by Crippen LogP contribution is 2.23. The van der Waals surface area contributed by atoms with Crippen molar-refractivity contribution in [3.63, 3.8) is 0 Å². The van der Waals surface area contributed by atoms with Crippen LogP contribution < -0.4 is 5.46 Å². The van der Waals surface area contributed by atoms with Crippen LogP contribution in [-0.2, 0) is 0 Å². The molecule has 2 aromatic rings. The Morgan fingerprint density at radius 3 is 2.50 bits per heavy atom. The fraction of sp³-hybridized carbons (Fsp3) is 0.0714. The van der Waals surface area contributed by atoms with Crippen molar-refractivity contribution < 1.29 is 0 Å². The quantitative estimate of drug-likeness (QED) is 0.737. The van der Waals surface area contributed by atoms with E-state index in [1.165, 1.54) is 0 Å². The molecule has 0 aromatic carbocycles. The van der Waals surface area contributed by atoms with Crippen LogP contribution >= 0.6 is 0 Å². The van der Waals surface area contributed by atoms with Crippen LogP contribution in [0.4, 0.5) is 0 Å². The smallest absolute Gasteiger partial charge is 0.115 e. The van der Waals surface area contributed by atoms with E-state index in [4.69, 9.17) is 7.85 Å². The van der Waals surface area contributed by atoms with Gasteiger partial charge in [0.25, 0.3) is 0 Å². The molecule has 0 saturated carbocycles. The van der Waals surface area contributed by atoms with Crippen LogP contribution in [0.25, 0.3) is 16.8 Å². The van der Waals surface area contributed by atoms with Crippen LogP contribution in [0.3, 0.4) is 0 Å². The number of aryl methyl sites for hydroxylation is 1. The Morgan fingerprint density at radius 2 is 1.94 bits per heavy atom. The molecule has 0 atom stereocenters. The van der Waals surface area contributed by atoms with E-state index in [2.05, 4.69) is 21.0 Å². The second-order valence-electron chi connectivity index (χ2n) is 4.23. The molecule has 0 N–H and O–H groups in total. The number of aliphatic imine (C=N–C) groups is 1. The first kappa shape index (κ1) is 10.9. The van der Waals surface area contributed by atoms with Crippen LogP contribution in [0.1, 0.15) is 11.3 Å². The predicted molar refractivity (Wildman–Crippen MR) is 74.1 cm³/mol. The third kappa shape index (κ3) is 1.86. The van der Waals surface area contributed by atoms with E-state index in [1.54, 1.807) is 6.20 Å². The van der Waals surface area contributed by atoms with E-state index in [9.17, 15) is 0 Å². The summed E-state index contributed by atoms with van der Waals surface area (Å²) in [4.78, 5) is 12.7. The minimum absolute atomic E-state index is 0.663. The van der Waals surface area contributed by atoms with Crippen LogP contribution in [-0.4, -0.2) is 24.0 Å². The van der Waals surface area contributed by atoms with E-state index in [-0.39, 0.29) is 0 Å². The van der Waals surface area contributed by atoms with Crippen LogP contribution in [0.5, 0.6) is 0 Å². The Hall–Kier alpha value is -2.23. The van der Waals surface area contributed by atoms with Gasteiger partial charge in [0.15, 0.2) is 0 Å². The van der Waals surface area contributed by atoms with Gasteiger partial charge >= 0.3 is 0 Å². The van der Waals surface area contributed by atoms with Crippen LogP contribution in [0.2, 0.25) is 0 Å². The van der Waals surface area contributed by atoms with Crippen molar-refractivity contribution in [2.45, 2.75) is 6.92 Å². The zero-order chi connectivity index (χ0) is 12.5. The van der Waals surface area contributed by atoms with Crippen molar-refractivity contribution >= 4 is 25.1 Å². The zero-order valence-electron chi connectivity index (χ0n) is 9.96. The third-order valence-electron chi connectivity index (χ3n) is 2.86. The molecule has 18 heavy (non-hydrogen) atoms. The topological polar surface area (TPSA) is 38.1 Å². The SMILES string of the molecule is [B]c1ccc(-c2cnc(C3=CN=C3)c(C)c2)nc1. The normalized spacial score (nSPS) is 13.1. The molecule has 0 bridgehead atoms. The number of rotatable bonds is 2. The van der Waals surface area contributed by atoms with Crippen molar-refractivity contribution in [2.75, 3.05) is 0 Å². The summed E-state index contributed by atoms with van der Waals surface area (Å²) in [6, 6.07) is 5.82. The summed E-state index contributed by atoms with van der Waals surface area (Å²) < 4.78 is 0. The van der Waals surface area contributed by atoms with Crippen molar-refractivity contribution in [2.24, 2.45) is 4.99 Å². The van der Waals surface area contributed by atoms with E-state index in [0.29, 0.717) is 5.46 Å². The van der Waals surface area contributed by atoms with E-state index < -0.39 is 0 Å². The maximum absolute atomic E-state index is 5.62. The maximum Gasteiger partial charge on any atom is 0.115 e. The zero-order valence-corrected chi connectivity index (χ0v) is 9.96. The summed E-state index contributed by atoms with van der Waals surface area (Å²) >= 11 is 0. The Balaban J connectivity index is 1.99. The van der Waals surface area contributed by atoms with Crippen LogP contribution in [0.15, 0.2) is 41.8 Å². The van der Waals surface area contributed by atoms with Gasteiger partial charge in [-0.3, -0.25) is 15.0 Å². The first-order valence-electron chi connectivity index (χ1n) is 5.66. The Bertz CT molecular complexity index is 657. The summed E-state index contributed by atoms with van der Waals surface area (Å²) in [6.07, 6.45) is 7.11. The minimum atomic E-state index is 0.663. The number of aromatic nitrogens is 2. The first-order chi connectivity index (χ1) is 8.74. The Morgan fingerprint density at radius 1 is 1.11 bits per heavy atom. The largest absolute Gasteiger partial charge is 0.263 e. The molecule has 1 aliphatic rings. The molecule has 0 saturated heterocycles. The van der Waals surface area contributed by atoms with E-state index in [0.717, 1.165) is 28.1 Å².